The average molecular weight is 246 g/mol. The number of ether oxygens (including phenoxy) is 1. The molecule has 1 heterocycles. The molecule has 6 heteroatoms. The number of aromatic nitrogens is 1. The number of pyridine rings is 1. The number of nitrogens with zero attached hydrogens (tertiary/aromatic N) is 1. The number of methoxy groups -OCH3 is 1. The number of hydrogen-bond donors (Lipinski definition) is 2. The summed E-state index contributed by atoms with van der Waals surface area (Å²) in [6.07, 6.45) is -3.01. The quantitative estimate of drug-likeness (QED) is 0.603. The SMILES string of the molecule is COC(=O)C(O)C(O)c1ccc(Cl)nc1C. The number of halogens is 1. The Bertz CT molecular complexity index is 396. The minimum Gasteiger partial charge on any atom is -0.467 e. The lowest BCUT2D eigenvalue weighted by atomic mass is 10.0. The fraction of sp³-hybridized carbons (Fsp3) is 0.400. The predicted octanol–water partition coefficient (Wildman–Crippen LogP) is 0.611. The number of aliphatic hydroxyl groups excluding tert-OH is 2. The topological polar surface area (TPSA) is 79.7 Å². The smallest absolute Gasteiger partial charge is 0.337 e. The second-order valence-corrected chi connectivity index (χ2v) is 3.61. The van der Waals surface area contributed by atoms with E-state index in [0.717, 1.165) is 7.11 Å². The molecule has 0 aliphatic rings. The number of esters is 1. The summed E-state index contributed by atoms with van der Waals surface area (Å²) in [4.78, 5) is 14.9. The molecule has 0 bridgehead atoms. The van der Waals surface area contributed by atoms with Gasteiger partial charge in [0, 0.05) is 11.3 Å². The van der Waals surface area contributed by atoms with Crippen LogP contribution in [-0.4, -0.2) is 34.4 Å². The molecule has 88 valence electrons. The summed E-state index contributed by atoms with van der Waals surface area (Å²) in [5.74, 6) is -0.901. The molecule has 0 radical (unpaired) electrons. The van der Waals surface area contributed by atoms with Gasteiger partial charge in [0.2, 0.25) is 0 Å². The van der Waals surface area contributed by atoms with Crippen LogP contribution in [0.1, 0.15) is 17.4 Å². The summed E-state index contributed by atoms with van der Waals surface area (Å²) in [5, 5.41) is 19.5. The Kier molecular flexibility index (Phi) is 4.23. The average Bonchev–Trinajstić information content (AvgIpc) is 2.26. The third-order valence-corrected chi connectivity index (χ3v) is 2.36. The summed E-state index contributed by atoms with van der Waals surface area (Å²) in [5.41, 5.74) is 0.783. The normalized spacial score (nSPS) is 14.3. The molecule has 0 aromatic carbocycles. The van der Waals surface area contributed by atoms with E-state index < -0.39 is 18.2 Å². The maximum Gasteiger partial charge on any atom is 0.337 e. The van der Waals surface area contributed by atoms with Crippen LogP contribution in [0.3, 0.4) is 0 Å². The molecule has 0 saturated carbocycles. The van der Waals surface area contributed by atoms with Crippen LogP contribution in [-0.2, 0) is 9.53 Å². The number of aryl methyl sites for hydroxylation is 1. The van der Waals surface area contributed by atoms with Crippen molar-refractivity contribution in [3.63, 3.8) is 0 Å². The van der Waals surface area contributed by atoms with Crippen molar-refractivity contribution in [3.8, 4) is 0 Å². The summed E-state index contributed by atoms with van der Waals surface area (Å²) in [6.45, 7) is 1.62. The van der Waals surface area contributed by atoms with Crippen LogP contribution in [0.2, 0.25) is 5.15 Å². The van der Waals surface area contributed by atoms with Gasteiger partial charge in [-0.2, -0.15) is 0 Å². The zero-order valence-corrected chi connectivity index (χ0v) is 9.60. The number of carbonyl (C=O) groups is 1. The predicted molar refractivity (Wildman–Crippen MR) is 57.0 cm³/mol. The Morgan fingerprint density at radius 3 is 2.62 bits per heavy atom. The maximum absolute atomic E-state index is 11.0. The first kappa shape index (κ1) is 12.9. The van der Waals surface area contributed by atoms with Gasteiger partial charge in [0.25, 0.3) is 0 Å². The van der Waals surface area contributed by atoms with Gasteiger partial charge >= 0.3 is 5.97 Å². The maximum atomic E-state index is 11.0. The molecule has 1 rings (SSSR count). The molecule has 0 aliphatic carbocycles. The van der Waals surface area contributed by atoms with Crippen molar-refractivity contribution in [3.05, 3.63) is 28.5 Å². The highest BCUT2D eigenvalue weighted by Crippen LogP contribution is 2.21. The molecular formula is C10H12ClNO4. The van der Waals surface area contributed by atoms with Crippen LogP contribution in [0.5, 0.6) is 0 Å². The third-order valence-electron chi connectivity index (χ3n) is 2.15. The summed E-state index contributed by atoms with van der Waals surface area (Å²) in [7, 11) is 1.13. The van der Waals surface area contributed by atoms with Gasteiger partial charge in [0.1, 0.15) is 11.3 Å². The highest BCUT2D eigenvalue weighted by molar-refractivity contribution is 6.29. The van der Waals surface area contributed by atoms with Gasteiger partial charge in [-0.15, -0.1) is 0 Å². The van der Waals surface area contributed by atoms with E-state index in [4.69, 9.17) is 11.6 Å². The molecule has 2 atom stereocenters. The van der Waals surface area contributed by atoms with E-state index in [-0.39, 0.29) is 5.15 Å². The molecule has 0 aliphatic heterocycles. The van der Waals surface area contributed by atoms with Crippen molar-refractivity contribution < 1.29 is 19.7 Å². The van der Waals surface area contributed by atoms with E-state index in [1.165, 1.54) is 12.1 Å². The zero-order chi connectivity index (χ0) is 12.3. The fourth-order valence-corrected chi connectivity index (χ4v) is 1.46. The number of carbonyl (C=O) groups excluding carboxylic acids is 1. The molecule has 0 amide bonds. The fourth-order valence-electron chi connectivity index (χ4n) is 1.27. The Balaban J connectivity index is 2.96. The minimum absolute atomic E-state index is 0.279. The molecule has 0 fully saturated rings. The van der Waals surface area contributed by atoms with Crippen LogP contribution < -0.4 is 0 Å². The highest BCUT2D eigenvalue weighted by Gasteiger charge is 2.27. The van der Waals surface area contributed by atoms with E-state index >= 15 is 0 Å². The summed E-state index contributed by atoms with van der Waals surface area (Å²) >= 11 is 5.64. The van der Waals surface area contributed by atoms with Gasteiger partial charge in [0.05, 0.1) is 7.11 Å². The van der Waals surface area contributed by atoms with Gasteiger partial charge < -0.3 is 14.9 Å². The first-order valence-electron chi connectivity index (χ1n) is 4.54. The Labute approximate surface area is 97.6 Å². The molecule has 0 spiro atoms. The number of aliphatic hydroxyl groups is 2. The molecule has 2 N–H and O–H groups in total. The van der Waals surface area contributed by atoms with Crippen molar-refractivity contribution in [2.75, 3.05) is 7.11 Å². The van der Waals surface area contributed by atoms with Crippen molar-refractivity contribution in [1.82, 2.24) is 4.98 Å². The van der Waals surface area contributed by atoms with Crippen LogP contribution >= 0.6 is 11.6 Å². The standard InChI is InChI=1S/C10H12ClNO4/c1-5-6(3-4-7(11)12-5)8(13)9(14)10(15)16-2/h3-4,8-9,13-14H,1-2H3. The lowest BCUT2D eigenvalue weighted by Gasteiger charge is -2.17. The number of rotatable bonds is 3. The number of hydrogen-bond acceptors (Lipinski definition) is 5. The van der Waals surface area contributed by atoms with E-state index in [1.54, 1.807) is 6.92 Å². The lowest BCUT2D eigenvalue weighted by molar-refractivity contribution is -0.156. The third kappa shape index (κ3) is 2.69. The van der Waals surface area contributed by atoms with Crippen LogP contribution in [0.4, 0.5) is 0 Å². The van der Waals surface area contributed by atoms with E-state index in [2.05, 4.69) is 9.72 Å². The van der Waals surface area contributed by atoms with E-state index in [0.29, 0.717) is 11.3 Å². The summed E-state index contributed by atoms with van der Waals surface area (Å²) < 4.78 is 4.32. The van der Waals surface area contributed by atoms with Gasteiger partial charge in [-0.05, 0) is 13.0 Å². The van der Waals surface area contributed by atoms with Crippen molar-refractivity contribution in [2.45, 2.75) is 19.1 Å². The zero-order valence-electron chi connectivity index (χ0n) is 8.85. The van der Waals surface area contributed by atoms with Crippen molar-refractivity contribution in [2.24, 2.45) is 0 Å². The second-order valence-electron chi connectivity index (χ2n) is 3.22. The van der Waals surface area contributed by atoms with Gasteiger partial charge in [-0.25, -0.2) is 9.78 Å². The lowest BCUT2D eigenvalue weighted by Crippen LogP contribution is -2.29. The molecule has 16 heavy (non-hydrogen) atoms. The van der Waals surface area contributed by atoms with Gasteiger partial charge in [-0.3, -0.25) is 0 Å². The molecule has 5 nitrogen and oxygen atoms in total. The Morgan fingerprint density at radius 2 is 2.12 bits per heavy atom. The first-order valence-corrected chi connectivity index (χ1v) is 4.92. The molecule has 1 aromatic rings. The minimum atomic E-state index is -1.63. The molecule has 1 aromatic heterocycles. The summed E-state index contributed by atoms with van der Waals surface area (Å²) in [6, 6.07) is 2.97. The second kappa shape index (κ2) is 5.25. The molecular weight excluding hydrogens is 234 g/mol. The van der Waals surface area contributed by atoms with Crippen molar-refractivity contribution in [1.29, 1.82) is 0 Å². The first-order chi connectivity index (χ1) is 7.47. The Hall–Kier alpha value is -1.17. The Morgan fingerprint density at radius 1 is 1.50 bits per heavy atom. The van der Waals surface area contributed by atoms with Crippen LogP contribution in [0.15, 0.2) is 12.1 Å². The highest BCUT2D eigenvalue weighted by atomic mass is 35.5. The van der Waals surface area contributed by atoms with Crippen LogP contribution in [0.25, 0.3) is 0 Å². The largest absolute Gasteiger partial charge is 0.467 e. The van der Waals surface area contributed by atoms with E-state index in [1.807, 2.05) is 0 Å². The molecule has 0 saturated heterocycles. The van der Waals surface area contributed by atoms with E-state index in [9.17, 15) is 15.0 Å². The van der Waals surface area contributed by atoms with Gasteiger partial charge in [0.15, 0.2) is 6.10 Å². The van der Waals surface area contributed by atoms with Crippen molar-refractivity contribution >= 4 is 17.6 Å². The van der Waals surface area contributed by atoms with Gasteiger partial charge in [-0.1, -0.05) is 17.7 Å². The molecule has 2 unspecified atom stereocenters. The monoisotopic (exact) mass is 245 g/mol. The van der Waals surface area contributed by atoms with Crippen LogP contribution in [0, 0.1) is 6.92 Å².